The second-order valence-electron chi connectivity index (χ2n) is 6.95. The normalized spacial score (nSPS) is 17.5. The van der Waals surface area contributed by atoms with Gasteiger partial charge in [0.05, 0.1) is 6.61 Å². The number of hydrogen-bond acceptors (Lipinski definition) is 6. The number of halogens is 2. The summed E-state index contributed by atoms with van der Waals surface area (Å²) in [6.45, 7) is 0.734. The van der Waals surface area contributed by atoms with Crippen LogP contribution in [0, 0.1) is 11.6 Å². The van der Waals surface area contributed by atoms with E-state index < -0.39 is 26.6 Å². The first-order valence-electron chi connectivity index (χ1n) is 9.33. The van der Waals surface area contributed by atoms with Crippen LogP contribution in [0.1, 0.15) is 29.6 Å². The fraction of sp³-hybridized carbons (Fsp3) is 0.300. The lowest BCUT2D eigenvalue weighted by Crippen LogP contribution is -2.29. The zero-order chi connectivity index (χ0) is 21.1. The lowest BCUT2D eigenvalue weighted by atomic mass is 10.1. The first-order chi connectivity index (χ1) is 14.4. The molecule has 1 aliphatic heterocycles. The van der Waals surface area contributed by atoms with Crippen molar-refractivity contribution in [3.63, 3.8) is 0 Å². The van der Waals surface area contributed by atoms with Gasteiger partial charge < -0.3 is 9.26 Å². The highest BCUT2D eigenvalue weighted by Gasteiger charge is 2.36. The Kier molecular flexibility index (Phi) is 5.89. The van der Waals surface area contributed by atoms with Gasteiger partial charge in [-0.25, -0.2) is 17.2 Å². The van der Waals surface area contributed by atoms with Crippen LogP contribution in [0.5, 0.6) is 0 Å². The quantitative estimate of drug-likeness (QED) is 0.566. The van der Waals surface area contributed by atoms with Crippen molar-refractivity contribution in [3.05, 3.63) is 77.4 Å². The fourth-order valence-corrected chi connectivity index (χ4v) is 4.87. The third-order valence-electron chi connectivity index (χ3n) is 4.85. The molecule has 2 aromatic carbocycles. The molecule has 0 saturated carbocycles. The monoisotopic (exact) mass is 435 g/mol. The molecule has 4 rings (SSSR count). The summed E-state index contributed by atoms with van der Waals surface area (Å²) in [7, 11) is -4.16. The molecule has 0 radical (unpaired) electrons. The molecule has 158 valence electrons. The van der Waals surface area contributed by atoms with E-state index in [0.717, 1.165) is 22.0 Å². The Labute approximate surface area is 172 Å². The van der Waals surface area contributed by atoms with Gasteiger partial charge in [0.15, 0.2) is 5.82 Å². The van der Waals surface area contributed by atoms with Gasteiger partial charge in [-0.15, -0.1) is 0 Å². The topological polar surface area (TPSA) is 85.5 Å². The summed E-state index contributed by atoms with van der Waals surface area (Å²) >= 11 is 0. The van der Waals surface area contributed by atoms with Crippen molar-refractivity contribution in [2.24, 2.45) is 0 Å². The Morgan fingerprint density at radius 3 is 2.73 bits per heavy atom. The number of nitrogens with zero attached hydrogens (tertiary/aromatic N) is 3. The Hall–Kier alpha value is -2.69. The number of ether oxygens (including phenoxy) is 1. The van der Waals surface area contributed by atoms with Gasteiger partial charge in [-0.05, 0) is 30.2 Å². The summed E-state index contributed by atoms with van der Waals surface area (Å²) < 4.78 is 64.6. The van der Waals surface area contributed by atoms with Gasteiger partial charge in [0, 0.05) is 19.0 Å². The summed E-state index contributed by atoms with van der Waals surface area (Å²) in [4.78, 5) is 3.61. The minimum atomic E-state index is -4.16. The molecule has 1 unspecified atom stereocenters. The Balaban J connectivity index is 1.38. The van der Waals surface area contributed by atoms with Crippen LogP contribution in [0.25, 0.3) is 0 Å². The molecule has 0 spiro atoms. The van der Waals surface area contributed by atoms with Crippen LogP contribution in [0.3, 0.4) is 0 Å². The first-order valence-corrected chi connectivity index (χ1v) is 10.8. The molecular weight excluding hydrogens is 416 g/mol. The first kappa shape index (κ1) is 20.6. The van der Waals surface area contributed by atoms with Crippen LogP contribution in [-0.2, 0) is 28.0 Å². The Morgan fingerprint density at radius 1 is 1.13 bits per heavy atom. The number of hydrogen-bond donors (Lipinski definition) is 0. The molecule has 1 aliphatic rings. The largest absolute Gasteiger partial charge is 0.367 e. The maximum Gasteiger partial charge on any atom is 0.252 e. The summed E-state index contributed by atoms with van der Waals surface area (Å²) in [5.74, 6) is -1.45. The van der Waals surface area contributed by atoms with E-state index in [-0.39, 0.29) is 25.6 Å². The van der Waals surface area contributed by atoms with Gasteiger partial charge in [-0.3, -0.25) is 0 Å². The van der Waals surface area contributed by atoms with Gasteiger partial charge in [0.25, 0.3) is 5.89 Å². The molecule has 7 nitrogen and oxygen atoms in total. The molecule has 0 amide bonds. The predicted molar refractivity (Wildman–Crippen MR) is 102 cm³/mol. The predicted octanol–water partition coefficient (Wildman–Crippen LogP) is 3.24. The zero-order valence-corrected chi connectivity index (χ0v) is 16.7. The molecule has 1 aromatic heterocycles. The van der Waals surface area contributed by atoms with Gasteiger partial charge >= 0.3 is 0 Å². The summed E-state index contributed by atoms with van der Waals surface area (Å²) in [6, 6.07) is 12.0. The van der Waals surface area contributed by atoms with Crippen LogP contribution in [0.4, 0.5) is 8.78 Å². The van der Waals surface area contributed by atoms with E-state index in [0.29, 0.717) is 30.8 Å². The van der Waals surface area contributed by atoms with Crippen molar-refractivity contribution in [3.8, 4) is 0 Å². The second kappa shape index (κ2) is 8.58. The second-order valence-corrected chi connectivity index (χ2v) is 8.85. The van der Waals surface area contributed by atoms with Crippen LogP contribution in [-0.4, -0.2) is 36.0 Å². The van der Waals surface area contributed by atoms with E-state index in [1.807, 2.05) is 30.3 Å². The fourth-order valence-electron chi connectivity index (χ4n) is 3.29. The number of rotatable bonds is 7. The van der Waals surface area contributed by atoms with Crippen LogP contribution < -0.4 is 0 Å². The van der Waals surface area contributed by atoms with E-state index in [4.69, 9.17) is 9.26 Å². The van der Waals surface area contributed by atoms with E-state index in [1.165, 1.54) is 0 Å². The smallest absolute Gasteiger partial charge is 0.252 e. The molecule has 1 fully saturated rings. The van der Waals surface area contributed by atoms with Crippen molar-refractivity contribution < 1.29 is 26.5 Å². The van der Waals surface area contributed by atoms with Gasteiger partial charge in [0.2, 0.25) is 10.0 Å². The Bertz CT molecular complexity index is 1120. The van der Waals surface area contributed by atoms with Crippen molar-refractivity contribution in [1.82, 2.24) is 14.4 Å². The third kappa shape index (κ3) is 4.40. The number of benzene rings is 2. The SMILES string of the molecule is O=S(=O)(c1cc(F)ccc1F)N1CCC(c2noc(COCc3ccccc3)n2)C1. The molecule has 0 bridgehead atoms. The summed E-state index contributed by atoms with van der Waals surface area (Å²) in [6.07, 6.45) is 0.444. The molecule has 1 atom stereocenters. The average Bonchev–Trinajstić information content (AvgIpc) is 3.40. The van der Waals surface area contributed by atoms with E-state index in [1.54, 1.807) is 0 Å². The van der Waals surface area contributed by atoms with E-state index >= 15 is 0 Å². The molecule has 30 heavy (non-hydrogen) atoms. The number of sulfonamides is 1. The standard InChI is InChI=1S/C20H19F2N3O4S/c21-16-6-7-17(22)18(10-16)30(26,27)25-9-8-15(11-25)20-23-19(29-24-20)13-28-12-14-4-2-1-3-5-14/h1-7,10,15H,8-9,11-13H2. The van der Waals surface area contributed by atoms with Gasteiger partial charge in [-0.1, -0.05) is 35.5 Å². The van der Waals surface area contributed by atoms with Crippen molar-refractivity contribution in [1.29, 1.82) is 0 Å². The molecule has 3 aromatic rings. The maximum atomic E-state index is 14.0. The van der Waals surface area contributed by atoms with Crippen LogP contribution in [0.15, 0.2) is 57.9 Å². The molecule has 0 N–H and O–H groups in total. The molecule has 10 heteroatoms. The highest BCUT2D eigenvalue weighted by atomic mass is 32.2. The minimum Gasteiger partial charge on any atom is -0.367 e. The lowest BCUT2D eigenvalue weighted by Gasteiger charge is -2.16. The van der Waals surface area contributed by atoms with E-state index in [2.05, 4.69) is 10.1 Å². The minimum absolute atomic E-state index is 0.0577. The van der Waals surface area contributed by atoms with Crippen molar-refractivity contribution >= 4 is 10.0 Å². The highest BCUT2D eigenvalue weighted by Crippen LogP contribution is 2.30. The highest BCUT2D eigenvalue weighted by molar-refractivity contribution is 7.89. The molecular formula is C20H19F2N3O4S. The van der Waals surface area contributed by atoms with Crippen molar-refractivity contribution in [2.75, 3.05) is 13.1 Å². The van der Waals surface area contributed by atoms with Gasteiger partial charge in [0.1, 0.15) is 23.1 Å². The Morgan fingerprint density at radius 2 is 1.93 bits per heavy atom. The summed E-state index contributed by atoms with van der Waals surface area (Å²) in [5, 5.41) is 3.92. The molecule has 0 aliphatic carbocycles. The van der Waals surface area contributed by atoms with Crippen LogP contribution >= 0.6 is 0 Å². The van der Waals surface area contributed by atoms with Crippen molar-refractivity contribution in [2.45, 2.75) is 30.4 Å². The average molecular weight is 435 g/mol. The maximum absolute atomic E-state index is 14.0. The van der Waals surface area contributed by atoms with Gasteiger partial charge in [-0.2, -0.15) is 9.29 Å². The zero-order valence-electron chi connectivity index (χ0n) is 15.9. The lowest BCUT2D eigenvalue weighted by molar-refractivity contribution is 0.0850. The molecule has 2 heterocycles. The summed E-state index contributed by atoms with van der Waals surface area (Å²) in [5.41, 5.74) is 1.01. The molecule has 1 saturated heterocycles. The van der Waals surface area contributed by atoms with E-state index in [9.17, 15) is 17.2 Å². The number of aromatic nitrogens is 2. The third-order valence-corrected chi connectivity index (χ3v) is 6.73. The van der Waals surface area contributed by atoms with Crippen LogP contribution in [0.2, 0.25) is 0 Å².